The molecule has 180 valence electrons. The third-order valence-electron chi connectivity index (χ3n) is 5.63. The van der Waals surface area contributed by atoms with E-state index in [1.54, 1.807) is 30.3 Å². The SMILES string of the molecule is N#Cc1cc(S(=O)(=O)N2CCC(=NOC(c3ccc(F)cc3)c3ccc(F)cc3)CC2)ccc1F. The molecule has 1 saturated heterocycles. The number of rotatable bonds is 6. The molecular weight excluding hydrogens is 479 g/mol. The Balaban J connectivity index is 1.48. The monoisotopic (exact) mass is 499 g/mol. The molecule has 3 aromatic carbocycles. The number of sulfonamides is 1. The molecule has 0 bridgehead atoms. The van der Waals surface area contributed by atoms with E-state index >= 15 is 0 Å². The first kappa shape index (κ1) is 24.4. The van der Waals surface area contributed by atoms with Crippen molar-refractivity contribution in [1.82, 2.24) is 4.31 Å². The van der Waals surface area contributed by atoms with Crippen molar-refractivity contribution >= 4 is 15.7 Å². The molecule has 0 amide bonds. The van der Waals surface area contributed by atoms with Crippen LogP contribution in [0, 0.1) is 28.8 Å². The molecule has 0 unspecified atom stereocenters. The summed E-state index contributed by atoms with van der Waals surface area (Å²) in [6.45, 7) is 0.253. The summed E-state index contributed by atoms with van der Waals surface area (Å²) < 4.78 is 67.5. The van der Waals surface area contributed by atoms with Crippen LogP contribution in [-0.4, -0.2) is 31.5 Å². The van der Waals surface area contributed by atoms with Crippen molar-refractivity contribution in [3.8, 4) is 6.07 Å². The fourth-order valence-electron chi connectivity index (χ4n) is 3.69. The highest BCUT2D eigenvalue weighted by Crippen LogP contribution is 2.28. The summed E-state index contributed by atoms with van der Waals surface area (Å²) in [6, 6.07) is 16.1. The molecule has 0 spiro atoms. The van der Waals surface area contributed by atoms with Crippen LogP contribution in [-0.2, 0) is 14.9 Å². The van der Waals surface area contributed by atoms with Crippen LogP contribution in [0.4, 0.5) is 13.2 Å². The van der Waals surface area contributed by atoms with Crippen molar-refractivity contribution in [2.45, 2.75) is 23.8 Å². The molecule has 1 aliphatic rings. The molecule has 35 heavy (non-hydrogen) atoms. The maximum absolute atomic E-state index is 13.6. The van der Waals surface area contributed by atoms with Gasteiger partial charge in [0.1, 0.15) is 23.5 Å². The lowest BCUT2D eigenvalue weighted by molar-refractivity contribution is 0.0855. The second-order valence-corrected chi connectivity index (χ2v) is 9.84. The first-order valence-corrected chi connectivity index (χ1v) is 12.1. The fraction of sp³-hybridized carbons (Fsp3) is 0.200. The summed E-state index contributed by atoms with van der Waals surface area (Å²) in [6.07, 6.45) is -0.120. The maximum Gasteiger partial charge on any atom is 0.243 e. The standard InChI is InChI=1S/C25H20F3N3O3S/c26-20-5-1-17(2-6-20)25(18-3-7-21(27)8-4-18)34-30-22-11-13-31(14-12-22)35(32,33)23-9-10-24(28)19(15-23)16-29/h1-10,15,25H,11-14H2. The molecule has 4 rings (SSSR count). The van der Waals surface area contributed by atoms with E-state index in [-0.39, 0.29) is 23.5 Å². The van der Waals surface area contributed by atoms with E-state index in [1.165, 1.54) is 28.6 Å². The Morgan fingerprint density at radius 3 is 1.94 bits per heavy atom. The topological polar surface area (TPSA) is 82.8 Å². The number of halogens is 3. The molecule has 1 heterocycles. The zero-order valence-electron chi connectivity index (χ0n) is 18.4. The predicted octanol–water partition coefficient (Wildman–Crippen LogP) is 4.92. The minimum absolute atomic E-state index is 0.127. The molecule has 0 atom stereocenters. The highest BCUT2D eigenvalue weighted by molar-refractivity contribution is 7.89. The lowest BCUT2D eigenvalue weighted by Gasteiger charge is -2.27. The van der Waals surface area contributed by atoms with E-state index < -0.39 is 33.6 Å². The summed E-state index contributed by atoms with van der Waals surface area (Å²) in [5.74, 6) is -1.60. The molecule has 1 fully saturated rings. The van der Waals surface area contributed by atoms with Gasteiger partial charge in [0.15, 0.2) is 6.10 Å². The molecule has 0 aliphatic carbocycles. The molecule has 1 aliphatic heterocycles. The van der Waals surface area contributed by atoms with Crippen molar-refractivity contribution in [3.05, 3.63) is 101 Å². The van der Waals surface area contributed by atoms with Crippen LogP contribution in [0.15, 0.2) is 76.8 Å². The van der Waals surface area contributed by atoms with Gasteiger partial charge in [0.2, 0.25) is 10.0 Å². The third kappa shape index (κ3) is 5.53. The van der Waals surface area contributed by atoms with E-state index in [9.17, 15) is 21.6 Å². The minimum Gasteiger partial charge on any atom is -0.383 e. The Bertz CT molecular complexity index is 1330. The van der Waals surface area contributed by atoms with E-state index in [0.717, 1.165) is 18.2 Å². The number of hydrogen-bond donors (Lipinski definition) is 0. The van der Waals surface area contributed by atoms with Gasteiger partial charge in [-0.2, -0.15) is 9.57 Å². The molecule has 0 radical (unpaired) electrons. The van der Waals surface area contributed by atoms with E-state index in [2.05, 4.69) is 5.16 Å². The Kier molecular flexibility index (Phi) is 7.19. The maximum atomic E-state index is 13.6. The van der Waals surface area contributed by atoms with Gasteiger partial charge in [-0.1, -0.05) is 29.4 Å². The van der Waals surface area contributed by atoms with Crippen molar-refractivity contribution < 1.29 is 26.4 Å². The molecule has 0 saturated carbocycles. The van der Waals surface area contributed by atoms with Crippen LogP contribution in [0.3, 0.4) is 0 Å². The zero-order valence-corrected chi connectivity index (χ0v) is 19.2. The second kappa shape index (κ2) is 10.3. The number of oxime groups is 1. The zero-order chi connectivity index (χ0) is 25.0. The van der Waals surface area contributed by atoms with Crippen molar-refractivity contribution in [3.63, 3.8) is 0 Å². The lowest BCUT2D eigenvalue weighted by Crippen LogP contribution is -2.38. The van der Waals surface area contributed by atoms with Crippen LogP contribution in [0.25, 0.3) is 0 Å². The molecular formula is C25H20F3N3O3S. The van der Waals surface area contributed by atoms with Gasteiger partial charge < -0.3 is 4.84 Å². The smallest absolute Gasteiger partial charge is 0.243 e. The third-order valence-corrected chi connectivity index (χ3v) is 7.52. The van der Waals surface area contributed by atoms with E-state index in [1.807, 2.05) is 0 Å². The molecule has 3 aromatic rings. The summed E-state index contributed by atoms with van der Waals surface area (Å²) in [5, 5.41) is 13.2. The van der Waals surface area contributed by atoms with Gasteiger partial charge in [-0.3, -0.25) is 0 Å². The normalized spacial score (nSPS) is 14.5. The van der Waals surface area contributed by atoms with Crippen LogP contribution in [0.2, 0.25) is 0 Å². The van der Waals surface area contributed by atoms with Crippen LogP contribution >= 0.6 is 0 Å². The molecule has 0 N–H and O–H groups in total. The summed E-state index contributed by atoms with van der Waals surface area (Å²) >= 11 is 0. The predicted molar refractivity (Wildman–Crippen MR) is 122 cm³/mol. The van der Waals surface area contributed by atoms with E-state index in [4.69, 9.17) is 10.1 Å². The van der Waals surface area contributed by atoms with E-state index in [0.29, 0.717) is 29.7 Å². The summed E-state index contributed by atoms with van der Waals surface area (Å²) in [5.41, 5.74) is 1.52. The number of benzene rings is 3. The number of nitriles is 1. The number of nitrogens with zero attached hydrogens (tertiary/aromatic N) is 3. The number of hydrogen-bond acceptors (Lipinski definition) is 5. The number of piperidine rings is 1. The Hall–Kier alpha value is -3.68. The van der Waals surface area contributed by atoms with Gasteiger partial charge in [0.25, 0.3) is 0 Å². The lowest BCUT2D eigenvalue weighted by atomic mass is 10.0. The Morgan fingerprint density at radius 2 is 1.43 bits per heavy atom. The Morgan fingerprint density at radius 1 is 0.886 bits per heavy atom. The van der Waals surface area contributed by atoms with Gasteiger partial charge in [-0.25, -0.2) is 21.6 Å². The van der Waals surface area contributed by atoms with Gasteiger partial charge in [0.05, 0.1) is 16.2 Å². The minimum atomic E-state index is -3.91. The van der Waals surface area contributed by atoms with Crippen molar-refractivity contribution in [2.75, 3.05) is 13.1 Å². The first-order chi connectivity index (χ1) is 16.8. The van der Waals surface area contributed by atoms with Crippen LogP contribution in [0.1, 0.15) is 35.6 Å². The summed E-state index contributed by atoms with van der Waals surface area (Å²) in [4.78, 5) is 5.63. The largest absolute Gasteiger partial charge is 0.383 e. The van der Waals surface area contributed by atoms with Crippen LogP contribution < -0.4 is 0 Å². The van der Waals surface area contributed by atoms with Gasteiger partial charge in [-0.05, 0) is 53.6 Å². The van der Waals surface area contributed by atoms with Gasteiger partial charge in [0, 0.05) is 25.9 Å². The van der Waals surface area contributed by atoms with Crippen LogP contribution in [0.5, 0.6) is 0 Å². The summed E-state index contributed by atoms with van der Waals surface area (Å²) in [7, 11) is -3.91. The average molecular weight is 500 g/mol. The highest BCUT2D eigenvalue weighted by Gasteiger charge is 2.29. The first-order valence-electron chi connectivity index (χ1n) is 10.7. The second-order valence-electron chi connectivity index (χ2n) is 7.90. The fourth-order valence-corrected chi connectivity index (χ4v) is 5.16. The van der Waals surface area contributed by atoms with Gasteiger partial charge in [-0.15, -0.1) is 0 Å². The van der Waals surface area contributed by atoms with Gasteiger partial charge >= 0.3 is 0 Å². The Labute approximate surface area is 200 Å². The van der Waals surface area contributed by atoms with Crippen molar-refractivity contribution in [1.29, 1.82) is 5.26 Å². The van der Waals surface area contributed by atoms with Crippen molar-refractivity contribution in [2.24, 2.45) is 5.16 Å². The quantitative estimate of drug-likeness (QED) is 0.451. The molecule has 6 nitrogen and oxygen atoms in total. The average Bonchev–Trinajstić information content (AvgIpc) is 2.86. The molecule has 0 aromatic heterocycles. The highest BCUT2D eigenvalue weighted by atomic mass is 32.2. The molecule has 10 heteroatoms.